The lowest BCUT2D eigenvalue weighted by molar-refractivity contribution is 0.767. The zero-order valence-corrected chi connectivity index (χ0v) is 12.2. The lowest BCUT2D eigenvalue weighted by atomic mass is 10.1. The summed E-state index contributed by atoms with van der Waals surface area (Å²) in [7, 11) is 0. The van der Waals surface area contributed by atoms with Crippen LogP contribution in [0.25, 0.3) is 0 Å². The predicted molar refractivity (Wildman–Crippen MR) is 89.4 cm³/mol. The van der Waals surface area contributed by atoms with Gasteiger partial charge in [-0.3, -0.25) is 0 Å². The Morgan fingerprint density at radius 2 is 1.70 bits per heavy atom. The molecule has 0 saturated heterocycles. The van der Waals surface area contributed by atoms with Gasteiger partial charge in [0.25, 0.3) is 0 Å². The Morgan fingerprint density at radius 1 is 0.950 bits per heavy atom. The largest absolute Gasteiger partial charge is 0.332 e. The fourth-order valence-electron chi connectivity index (χ4n) is 2.61. The van der Waals surface area contributed by atoms with Gasteiger partial charge in [-0.1, -0.05) is 36.4 Å². The number of hydrogen-bond donors (Lipinski definition) is 1. The maximum atomic E-state index is 5.61. The van der Waals surface area contributed by atoms with Crippen molar-refractivity contribution in [2.75, 3.05) is 16.8 Å². The van der Waals surface area contributed by atoms with Gasteiger partial charge in [0.2, 0.25) is 0 Å². The van der Waals surface area contributed by atoms with Crippen molar-refractivity contribution < 1.29 is 0 Å². The molecule has 2 nitrogen and oxygen atoms in total. The topological polar surface area (TPSA) is 15.3 Å². The molecule has 0 radical (unpaired) electrons. The van der Waals surface area contributed by atoms with Gasteiger partial charge in [0.05, 0.1) is 0 Å². The standard InChI is InChI=1S/C17H18N2S/c20-17(18-15-10-2-1-3-11-15)19-13-7-6-9-14-8-4-5-12-16(14)19/h1-5,8,10-12H,6-7,9,13H2,(H,18,20). The zero-order chi connectivity index (χ0) is 13.8. The molecule has 0 spiro atoms. The van der Waals surface area contributed by atoms with E-state index in [1.165, 1.54) is 24.1 Å². The molecular weight excluding hydrogens is 264 g/mol. The van der Waals surface area contributed by atoms with Gasteiger partial charge in [0, 0.05) is 17.9 Å². The lowest BCUT2D eigenvalue weighted by Crippen LogP contribution is -2.35. The molecule has 2 aromatic carbocycles. The van der Waals surface area contributed by atoms with Crippen molar-refractivity contribution in [2.24, 2.45) is 0 Å². The Labute approximate surface area is 125 Å². The minimum Gasteiger partial charge on any atom is -0.332 e. The first-order valence-corrected chi connectivity index (χ1v) is 7.47. The number of para-hydroxylation sites is 2. The van der Waals surface area contributed by atoms with Crippen molar-refractivity contribution in [3.8, 4) is 0 Å². The molecule has 0 atom stereocenters. The van der Waals surface area contributed by atoms with Crippen LogP contribution in [-0.2, 0) is 6.42 Å². The number of nitrogens with one attached hydrogen (secondary N) is 1. The van der Waals surface area contributed by atoms with Crippen LogP contribution in [0.1, 0.15) is 18.4 Å². The van der Waals surface area contributed by atoms with Gasteiger partial charge < -0.3 is 10.2 Å². The molecule has 0 saturated carbocycles. The van der Waals surface area contributed by atoms with E-state index in [1.807, 2.05) is 30.3 Å². The Morgan fingerprint density at radius 3 is 2.55 bits per heavy atom. The molecule has 3 rings (SSSR count). The van der Waals surface area contributed by atoms with Gasteiger partial charge in [-0.15, -0.1) is 0 Å². The Balaban J connectivity index is 1.84. The number of aryl methyl sites for hydroxylation is 1. The van der Waals surface area contributed by atoms with E-state index in [-0.39, 0.29) is 0 Å². The molecule has 1 aliphatic rings. The molecule has 0 aliphatic carbocycles. The number of anilines is 2. The van der Waals surface area contributed by atoms with Crippen LogP contribution in [0.15, 0.2) is 54.6 Å². The highest BCUT2D eigenvalue weighted by Gasteiger charge is 2.18. The second-order valence-corrected chi connectivity index (χ2v) is 5.42. The molecule has 1 aliphatic heterocycles. The van der Waals surface area contributed by atoms with E-state index in [0.29, 0.717) is 0 Å². The van der Waals surface area contributed by atoms with Crippen LogP contribution in [0.5, 0.6) is 0 Å². The van der Waals surface area contributed by atoms with E-state index in [0.717, 1.165) is 23.8 Å². The maximum absolute atomic E-state index is 5.61. The highest BCUT2D eigenvalue weighted by Crippen LogP contribution is 2.26. The number of nitrogens with zero attached hydrogens (tertiary/aromatic N) is 1. The molecule has 0 unspecified atom stereocenters. The van der Waals surface area contributed by atoms with Crippen molar-refractivity contribution >= 4 is 28.7 Å². The van der Waals surface area contributed by atoms with Crippen molar-refractivity contribution in [3.05, 3.63) is 60.2 Å². The summed E-state index contributed by atoms with van der Waals surface area (Å²) in [4.78, 5) is 2.23. The van der Waals surface area contributed by atoms with E-state index < -0.39 is 0 Å². The van der Waals surface area contributed by atoms with Crippen LogP contribution in [0.4, 0.5) is 11.4 Å². The third-order valence-corrected chi connectivity index (χ3v) is 3.95. The molecule has 1 heterocycles. The number of hydrogen-bond acceptors (Lipinski definition) is 1. The first-order valence-electron chi connectivity index (χ1n) is 7.06. The summed E-state index contributed by atoms with van der Waals surface area (Å²) in [5.74, 6) is 0. The Hall–Kier alpha value is -1.87. The molecule has 1 N–H and O–H groups in total. The molecule has 0 bridgehead atoms. The molecule has 0 fully saturated rings. The number of benzene rings is 2. The van der Waals surface area contributed by atoms with E-state index in [2.05, 4.69) is 34.5 Å². The summed E-state index contributed by atoms with van der Waals surface area (Å²) in [6, 6.07) is 18.7. The van der Waals surface area contributed by atoms with E-state index >= 15 is 0 Å². The first-order chi connectivity index (χ1) is 9.84. The SMILES string of the molecule is S=C(Nc1ccccc1)N1CCCCc2ccccc21. The lowest BCUT2D eigenvalue weighted by Gasteiger charge is -2.26. The van der Waals surface area contributed by atoms with Gasteiger partial charge in [-0.05, 0) is 55.2 Å². The van der Waals surface area contributed by atoms with Gasteiger partial charge >= 0.3 is 0 Å². The summed E-state index contributed by atoms with van der Waals surface area (Å²) < 4.78 is 0. The number of thiocarbonyl (C=S) groups is 1. The minimum absolute atomic E-state index is 0.783. The molecule has 0 amide bonds. The van der Waals surface area contributed by atoms with Gasteiger partial charge in [-0.25, -0.2) is 0 Å². The molecule has 3 heteroatoms. The smallest absolute Gasteiger partial charge is 0.177 e. The van der Waals surface area contributed by atoms with Gasteiger partial charge in [0.1, 0.15) is 0 Å². The zero-order valence-electron chi connectivity index (χ0n) is 11.4. The quantitative estimate of drug-likeness (QED) is 0.788. The summed E-state index contributed by atoms with van der Waals surface area (Å²) >= 11 is 5.61. The van der Waals surface area contributed by atoms with Crippen LogP contribution in [-0.4, -0.2) is 11.7 Å². The fraction of sp³-hybridized carbons (Fsp3) is 0.235. The summed E-state index contributed by atoms with van der Waals surface area (Å²) in [6.07, 6.45) is 3.54. The minimum atomic E-state index is 0.783. The third kappa shape index (κ3) is 2.83. The summed E-state index contributed by atoms with van der Waals surface area (Å²) in [5.41, 5.74) is 3.68. The van der Waals surface area contributed by atoms with Gasteiger partial charge in [-0.2, -0.15) is 0 Å². The van der Waals surface area contributed by atoms with E-state index in [1.54, 1.807) is 0 Å². The van der Waals surface area contributed by atoms with Crippen molar-refractivity contribution in [3.63, 3.8) is 0 Å². The summed E-state index contributed by atoms with van der Waals surface area (Å²) in [5, 5.41) is 4.12. The van der Waals surface area contributed by atoms with E-state index in [4.69, 9.17) is 12.2 Å². The molecule has 2 aromatic rings. The highest BCUT2D eigenvalue weighted by molar-refractivity contribution is 7.80. The number of rotatable bonds is 1. The third-order valence-electron chi connectivity index (χ3n) is 3.63. The summed E-state index contributed by atoms with van der Waals surface area (Å²) in [6.45, 7) is 0.982. The van der Waals surface area contributed by atoms with Crippen LogP contribution in [0.2, 0.25) is 0 Å². The molecule has 0 aromatic heterocycles. The van der Waals surface area contributed by atoms with E-state index in [9.17, 15) is 0 Å². The molecule has 20 heavy (non-hydrogen) atoms. The van der Waals surface area contributed by atoms with Gasteiger partial charge in [0.15, 0.2) is 5.11 Å². The van der Waals surface area contributed by atoms with Crippen LogP contribution >= 0.6 is 12.2 Å². The number of fused-ring (bicyclic) bond motifs is 1. The van der Waals surface area contributed by atoms with Crippen molar-refractivity contribution in [1.82, 2.24) is 0 Å². The predicted octanol–water partition coefficient (Wildman–Crippen LogP) is 4.23. The molecule has 102 valence electrons. The molecular formula is C17H18N2S. The fourth-order valence-corrected chi connectivity index (χ4v) is 2.92. The monoisotopic (exact) mass is 282 g/mol. The average Bonchev–Trinajstić information content (AvgIpc) is 2.70. The first kappa shape index (κ1) is 13.1. The highest BCUT2D eigenvalue weighted by atomic mass is 32.1. The van der Waals surface area contributed by atoms with Crippen LogP contribution in [0, 0.1) is 0 Å². The van der Waals surface area contributed by atoms with Crippen LogP contribution < -0.4 is 10.2 Å². The Bertz CT molecular complexity index is 595. The second kappa shape index (κ2) is 6.06. The second-order valence-electron chi connectivity index (χ2n) is 5.03. The Kier molecular flexibility index (Phi) is 3.97. The normalized spacial score (nSPS) is 14.3. The van der Waals surface area contributed by atoms with Crippen molar-refractivity contribution in [1.29, 1.82) is 0 Å². The van der Waals surface area contributed by atoms with Crippen molar-refractivity contribution in [2.45, 2.75) is 19.3 Å². The average molecular weight is 282 g/mol. The maximum Gasteiger partial charge on any atom is 0.177 e. The van der Waals surface area contributed by atoms with Crippen LogP contribution in [0.3, 0.4) is 0 Å².